The molecule has 1 aromatic carbocycles. The zero-order valence-electron chi connectivity index (χ0n) is 16.4. The average molecular weight is 358 g/mol. The van der Waals surface area contributed by atoms with E-state index in [1.165, 1.54) is 5.56 Å². The Kier molecular flexibility index (Phi) is 7.44. The van der Waals surface area contributed by atoms with Gasteiger partial charge in [-0.3, -0.25) is 4.99 Å². The first-order valence-corrected chi connectivity index (χ1v) is 9.10. The van der Waals surface area contributed by atoms with Crippen LogP contribution >= 0.6 is 0 Å². The third-order valence-electron chi connectivity index (χ3n) is 3.91. The molecule has 7 heteroatoms. The Morgan fingerprint density at radius 1 is 1.31 bits per heavy atom. The van der Waals surface area contributed by atoms with Gasteiger partial charge in [0.15, 0.2) is 5.96 Å². The second kappa shape index (κ2) is 9.79. The molecule has 2 N–H and O–H groups in total. The summed E-state index contributed by atoms with van der Waals surface area (Å²) in [6.07, 6.45) is 2.78. The van der Waals surface area contributed by atoms with Crippen LogP contribution in [0.3, 0.4) is 0 Å². The van der Waals surface area contributed by atoms with E-state index in [0.29, 0.717) is 6.54 Å². The predicted octanol–water partition coefficient (Wildman–Crippen LogP) is 2.30. The van der Waals surface area contributed by atoms with Crippen molar-refractivity contribution in [2.75, 3.05) is 13.6 Å². The summed E-state index contributed by atoms with van der Waals surface area (Å²) in [5, 5.41) is 14.7. The second-order valence-corrected chi connectivity index (χ2v) is 6.42. The molecule has 0 bridgehead atoms. The number of aliphatic imine (C=N–C) groups is 1. The highest BCUT2D eigenvalue weighted by molar-refractivity contribution is 5.79. The molecular weight excluding hydrogens is 328 g/mol. The molecule has 2 rings (SSSR count). The lowest BCUT2D eigenvalue weighted by Crippen LogP contribution is -2.38. The van der Waals surface area contributed by atoms with Crippen LogP contribution in [0.25, 0.3) is 0 Å². The summed E-state index contributed by atoms with van der Waals surface area (Å²) in [7, 11) is 1.77. The lowest BCUT2D eigenvalue weighted by atomic mass is 10.1. The van der Waals surface area contributed by atoms with Crippen molar-refractivity contribution in [2.45, 2.75) is 53.3 Å². The molecule has 0 amide bonds. The largest absolute Gasteiger partial charge is 0.491 e. The molecule has 0 aliphatic heterocycles. The van der Waals surface area contributed by atoms with Crippen LogP contribution in [0, 0.1) is 6.92 Å². The van der Waals surface area contributed by atoms with E-state index < -0.39 is 0 Å². The summed E-state index contributed by atoms with van der Waals surface area (Å²) in [4.78, 5) is 4.29. The van der Waals surface area contributed by atoms with E-state index in [2.05, 4.69) is 62.4 Å². The minimum Gasteiger partial charge on any atom is -0.491 e. The number of hydrogen-bond donors (Lipinski definition) is 2. The molecule has 142 valence electrons. The van der Waals surface area contributed by atoms with Gasteiger partial charge in [-0.25, -0.2) is 0 Å². The maximum Gasteiger partial charge on any atom is 0.191 e. The van der Waals surface area contributed by atoms with Crippen LogP contribution in [-0.4, -0.2) is 40.4 Å². The first kappa shape index (κ1) is 19.8. The monoisotopic (exact) mass is 358 g/mol. The Morgan fingerprint density at radius 3 is 2.81 bits per heavy atom. The van der Waals surface area contributed by atoms with Crippen molar-refractivity contribution in [3.63, 3.8) is 0 Å². The fourth-order valence-corrected chi connectivity index (χ4v) is 2.61. The smallest absolute Gasteiger partial charge is 0.191 e. The zero-order valence-corrected chi connectivity index (χ0v) is 16.4. The molecule has 7 nitrogen and oxygen atoms in total. The van der Waals surface area contributed by atoms with E-state index >= 15 is 0 Å². The lowest BCUT2D eigenvalue weighted by molar-refractivity contribution is 0.239. The van der Waals surface area contributed by atoms with Gasteiger partial charge >= 0.3 is 0 Å². The Morgan fingerprint density at radius 2 is 2.12 bits per heavy atom. The highest BCUT2D eigenvalue weighted by Crippen LogP contribution is 2.21. The van der Waals surface area contributed by atoms with Gasteiger partial charge in [-0.2, -0.15) is 0 Å². The Labute approximate surface area is 155 Å². The minimum absolute atomic E-state index is 0.143. The number of aryl methyl sites for hydroxylation is 2. The van der Waals surface area contributed by atoms with E-state index in [9.17, 15) is 0 Å². The van der Waals surface area contributed by atoms with Crippen molar-refractivity contribution in [3.8, 4) is 5.75 Å². The molecule has 2 aromatic rings. The van der Waals surface area contributed by atoms with E-state index in [-0.39, 0.29) is 6.10 Å². The second-order valence-electron chi connectivity index (χ2n) is 6.42. The van der Waals surface area contributed by atoms with E-state index in [4.69, 9.17) is 4.74 Å². The van der Waals surface area contributed by atoms with E-state index in [1.54, 1.807) is 13.4 Å². The Bertz CT molecular complexity index is 723. The summed E-state index contributed by atoms with van der Waals surface area (Å²) in [5.74, 6) is 2.66. The molecule has 0 saturated carbocycles. The Balaban J connectivity index is 1.89. The molecular formula is C19H30N6O. The van der Waals surface area contributed by atoms with Crippen molar-refractivity contribution in [3.05, 3.63) is 41.5 Å². The highest BCUT2D eigenvalue weighted by atomic mass is 16.5. The number of ether oxygens (including phenoxy) is 1. The summed E-state index contributed by atoms with van der Waals surface area (Å²) < 4.78 is 7.98. The molecule has 0 fully saturated rings. The molecule has 1 heterocycles. The van der Waals surface area contributed by atoms with Crippen LogP contribution in [0.5, 0.6) is 5.75 Å². The van der Waals surface area contributed by atoms with Crippen molar-refractivity contribution < 1.29 is 4.74 Å². The maximum absolute atomic E-state index is 5.93. The van der Waals surface area contributed by atoms with E-state index in [0.717, 1.165) is 42.6 Å². The quantitative estimate of drug-likeness (QED) is 0.559. The molecule has 0 unspecified atom stereocenters. The van der Waals surface area contributed by atoms with Crippen LogP contribution in [0.4, 0.5) is 0 Å². The van der Waals surface area contributed by atoms with Crippen LogP contribution in [-0.2, 0) is 19.5 Å². The van der Waals surface area contributed by atoms with Gasteiger partial charge in [-0.05, 0) is 32.4 Å². The van der Waals surface area contributed by atoms with Gasteiger partial charge in [-0.15, -0.1) is 10.2 Å². The number of nitrogens with one attached hydrogen (secondary N) is 2. The van der Waals surface area contributed by atoms with Gasteiger partial charge in [0.25, 0.3) is 0 Å². The molecule has 1 aromatic heterocycles. The van der Waals surface area contributed by atoms with Gasteiger partial charge in [0, 0.05) is 38.7 Å². The topological polar surface area (TPSA) is 76.4 Å². The first-order chi connectivity index (χ1) is 12.5. The SMILES string of the molecule is CCc1nncn1CCNC(=NC)NCc1ccc(C)cc1OC(C)C. The normalized spacial score (nSPS) is 11.7. The fraction of sp³-hybridized carbons (Fsp3) is 0.526. The van der Waals surface area contributed by atoms with Crippen LogP contribution in [0.2, 0.25) is 0 Å². The first-order valence-electron chi connectivity index (χ1n) is 9.10. The molecule has 0 aliphatic rings. The standard InChI is InChI=1S/C19H30N6O/c1-6-18-24-23-13-25(18)10-9-21-19(20-5)22-12-16-8-7-15(4)11-17(16)26-14(2)3/h7-8,11,13-14H,6,9-10,12H2,1-5H3,(H2,20,21,22). The summed E-state index contributed by atoms with van der Waals surface area (Å²) in [6.45, 7) is 10.4. The number of aromatic nitrogens is 3. The van der Waals surface area contributed by atoms with Crippen molar-refractivity contribution in [1.82, 2.24) is 25.4 Å². The lowest BCUT2D eigenvalue weighted by Gasteiger charge is -2.17. The van der Waals surface area contributed by atoms with Crippen LogP contribution in [0.1, 0.15) is 37.7 Å². The third kappa shape index (κ3) is 5.75. The molecule has 0 spiro atoms. The number of hydrogen-bond acceptors (Lipinski definition) is 4. The minimum atomic E-state index is 0.143. The highest BCUT2D eigenvalue weighted by Gasteiger charge is 2.08. The van der Waals surface area contributed by atoms with Crippen molar-refractivity contribution in [2.24, 2.45) is 4.99 Å². The van der Waals surface area contributed by atoms with Crippen molar-refractivity contribution in [1.29, 1.82) is 0 Å². The van der Waals surface area contributed by atoms with Gasteiger partial charge in [0.2, 0.25) is 0 Å². The maximum atomic E-state index is 5.93. The third-order valence-corrected chi connectivity index (χ3v) is 3.91. The van der Waals surface area contributed by atoms with Gasteiger partial charge in [-0.1, -0.05) is 19.1 Å². The summed E-state index contributed by atoms with van der Waals surface area (Å²) in [6, 6.07) is 6.27. The molecule has 0 radical (unpaired) electrons. The van der Waals surface area contributed by atoms with Crippen LogP contribution in [0.15, 0.2) is 29.5 Å². The predicted molar refractivity (Wildman–Crippen MR) is 105 cm³/mol. The fourth-order valence-electron chi connectivity index (χ4n) is 2.61. The van der Waals surface area contributed by atoms with Crippen molar-refractivity contribution >= 4 is 5.96 Å². The number of benzene rings is 1. The van der Waals surface area contributed by atoms with Crippen LogP contribution < -0.4 is 15.4 Å². The molecule has 0 aliphatic carbocycles. The molecule has 26 heavy (non-hydrogen) atoms. The van der Waals surface area contributed by atoms with Gasteiger partial charge in [0.05, 0.1) is 6.10 Å². The average Bonchev–Trinajstić information content (AvgIpc) is 3.06. The van der Waals surface area contributed by atoms with Gasteiger partial charge in [0.1, 0.15) is 17.9 Å². The molecule has 0 saturated heterocycles. The Hall–Kier alpha value is -2.57. The number of nitrogens with zero attached hydrogens (tertiary/aromatic N) is 4. The summed E-state index contributed by atoms with van der Waals surface area (Å²) >= 11 is 0. The summed E-state index contributed by atoms with van der Waals surface area (Å²) in [5.41, 5.74) is 2.30. The zero-order chi connectivity index (χ0) is 18.9. The number of guanidine groups is 1. The molecule has 0 atom stereocenters. The van der Waals surface area contributed by atoms with Gasteiger partial charge < -0.3 is 19.9 Å². The van der Waals surface area contributed by atoms with E-state index in [1.807, 2.05) is 13.8 Å². The number of rotatable bonds is 8.